The van der Waals surface area contributed by atoms with Crippen molar-refractivity contribution in [1.29, 1.82) is 0 Å². The van der Waals surface area contributed by atoms with E-state index in [2.05, 4.69) is 70.4 Å². The van der Waals surface area contributed by atoms with Crippen LogP contribution >= 0.6 is 0 Å². The van der Waals surface area contributed by atoms with Crippen LogP contribution in [-0.4, -0.2) is 43.7 Å². The maximum Gasteiger partial charge on any atom is 0.253 e. The summed E-state index contributed by atoms with van der Waals surface area (Å²) in [6.07, 6.45) is 1.76. The molecule has 0 amide bonds. The lowest BCUT2D eigenvalue weighted by atomic mass is 9.95. The molecule has 2 aromatic heterocycles. The van der Waals surface area contributed by atoms with Crippen LogP contribution in [0.3, 0.4) is 0 Å². The van der Waals surface area contributed by atoms with Crippen molar-refractivity contribution in [3.63, 3.8) is 0 Å². The highest BCUT2D eigenvalue weighted by atomic mass is 16.5. The Morgan fingerprint density at radius 3 is 2.71 bits per heavy atom. The predicted molar refractivity (Wildman–Crippen MR) is 131 cm³/mol. The van der Waals surface area contributed by atoms with Crippen molar-refractivity contribution in [2.45, 2.75) is 51.7 Å². The fourth-order valence-corrected chi connectivity index (χ4v) is 4.71. The number of ether oxygens (including phenoxy) is 1. The first-order chi connectivity index (χ1) is 16.4. The third-order valence-corrected chi connectivity index (χ3v) is 7.08. The van der Waals surface area contributed by atoms with Gasteiger partial charge in [0, 0.05) is 29.6 Å². The highest BCUT2D eigenvalue weighted by Crippen LogP contribution is 2.34. The molecule has 1 aliphatic heterocycles. The largest absolute Gasteiger partial charge is 0.497 e. The fourth-order valence-electron chi connectivity index (χ4n) is 4.71. The van der Waals surface area contributed by atoms with Crippen molar-refractivity contribution in [2.24, 2.45) is 0 Å². The highest BCUT2D eigenvalue weighted by Gasteiger charge is 2.35. The zero-order chi connectivity index (χ0) is 23.9. The second-order valence-corrected chi connectivity index (χ2v) is 9.51. The molecule has 5 rings (SSSR count). The Labute approximate surface area is 198 Å². The van der Waals surface area contributed by atoms with Crippen LogP contribution in [0.2, 0.25) is 0 Å². The van der Waals surface area contributed by atoms with Crippen LogP contribution in [0.25, 0.3) is 10.9 Å². The molecule has 1 aliphatic rings. The van der Waals surface area contributed by atoms with Gasteiger partial charge in [-0.1, -0.05) is 31.2 Å². The summed E-state index contributed by atoms with van der Waals surface area (Å²) >= 11 is 0. The Bertz CT molecular complexity index is 1390. The predicted octanol–water partition coefficient (Wildman–Crippen LogP) is 3.82. The Morgan fingerprint density at radius 2 is 1.94 bits per heavy atom. The van der Waals surface area contributed by atoms with Gasteiger partial charge >= 0.3 is 0 Å². The molecule has 2 aromatic carbocycles. The number of tetrazole rings is 1. The number of fused-ring (bicyclic) bond motifs is 2. The molecule has 3 heterocycles. The number of methoxy groups -OCH3 is 1. The summed E-state index contributed by atoms with van der Waals surface area (Å²) in [5.74, 6) is 1.42. The van der Waals surface area contributed by atoms with Gasteiger partial charge in [-0.05, 0) is 72.5 Å². The molecule has 0 radical (unpaired) electrons. The first kappa shape index (κ1) is 22.3. The molecule has 0 aliphatic carbocycles. The normalized spacial score (nSPS) is 15.3. The van der Waals surface area contributed by atoms with Crippen LogP contribution in [0.1, 0.15) is 55.7 Å². The van der Waals surface area contributed by atoms with E-state index < -0.39 is 6.04 Å². The molecular weight excluding hydrogens is 428 g/mol. The molecule has 0 unspecified atom stereocenters. The lowest BCUT2D eigenvalue weighted by Crippen LogP contribution is -2.40. The van der Waals surface area contributed by atoms with E-state index in [9.17, 15) is 4.79 Å². The monoisotopic (exact) mass is 458 g/mol. The van der Waals surface area contributed by atoms with Gasteiger partial charge in [0.05, 0.1) is 12.6 Å². The van der Waals surface area contributed by atoms with Gasteiger partial charge in [-0.3, -0.25) is 9.69 Å². The minimum Gasteiger partial charge on any atom is -0.497 e. The summed E-state index contributed by atoms with van der Waals surface area (Å²) in [7, 11) is 1.64. The van der Waals surface area contributed by atoms with E-state index in [-0.39, 0.29) is 11.1 Å². The maximum absolute atomic E-state index is 13.5. The summed E-state index contributed by atoms with van der Waals surface area (Å²) < 4.78 is 7.30. The van der Waals surface area contributed by atoms with Gasteiger partial charge in [0.1, 0.15) is 11.8 Å². The van der Waals surface area contributed by atoms with Gasteiger partial charge in [0.15, 0.2) is 5.82 Å². The van der Waals surface area contributed by atoms with E-state index in [0.29, 0.717) is 11.4 Å². The number of aromatic nitrogens is 5. The lowest BCUT2D eigenvalue weighted by molar-refractivity contribution is 0.181. The second-order valence-electron chi connectivity index (χ2n) is 9.51. The topological polar surface area (TPSA) is 88.9 Å². The third-order valence-electron chi connectivity index (χ3n) is 7.08. The molecule has 34 heavy (non-hydrogen) atoms. The zero-order valence-corrected chi connectivity index (χ0v) is 20.1. The molecule has 0 fully saturated rings. The van der Waals surface area contributed by atoms with E-state index in [1.807, 2.05) is 28.9 Å². The minimum atomic E-state index is -0.395. The molecule has 0 saturated heterocycles. The summed E-state index contributed by atoms with van der Waals surface area (Å²) in [6, 6.07) is 15.7. The van der Waals surface area contributed by atoms with Gasteiger partial charge < -0.3 is 9.72 Å². The van der Waals surface area contributed by atoms with Gasteiger partial charge in [-0.15, -0.1) is 5.10 Å². The summed E-state index contributed by atoms with van der Waals surface area (Å²) in [5.41, 5.74) is 3.59. The average molecular weight is 459 g/mol. The second kappa shape index (κ2) is 8.68. The number of H-pyrrole nitrogens is 1. The zero-order valence-electron chi connectivity index (χ0n) is 20.1. The summed E-state index contributed by atoms with van der Waals surface area (Å²) in [5, 5.41) is 13.8. The lowest BCUT2D eigenvalue weighted by Gasteiger charge is -2.36. The number of nitrogens with one attached hydrogen (secondary N) is 1. The SMILES string of the molecule is CCC(C)(C)n1nnnc1[C@@H](c1cc2cc(OC)ccc2[nH]c1=O)N1CCc2ccccc2C1. The smallest absolute Gasteiger partial charge is 0.253 e. The first-order valence-corrected chi connectivity index (χ1v) is 11.7. The first-order valence-electron chi connectivity index (χ1n) is 11.7. The summed E-state index contributed by atoms with van der Waals surface area (Å²) in [6.45, 7) is 7.87. The van der Waals surface area contributed by atoms with Gasteiger partial charge in [-0.2, -0.15) is 0 Å². The van der Waals surface area contributed by atoms with E-state index in [0.717, 1.165) is 42.6 Å². The fraction of sp³-hybridized carbons (Fsp3) is 0.385. The van der Waals surface area contributed by atoms with E-state index >= 15 is 0 Å². The van der Waals surface area contributed by atoms with Crippen molar-refractivity contribution in [3.05, 3.63) is 81.4 Å². The van der Waals surface area contributed by atoms with Gasteiger partial charge in [0.25, 0.3) is 5.56 Å². The van der Waals surface area contributed by atoms with Crippen molar-refractivity contribution in [3.8, 4) is 5.75 Å². The molecule has 8 nitrogen and oxygen atoms in total. The Morgan fingerprint density at radius 1 is 1.15 bits per heavy atom. The number of nitrogens with zero attached hydrogens (tertiary/aromatic N) is 5. The van der Waals surface area contributed by atoms with E-state index in [1.165, 1.54) is 11.1 Å². The quantitative estimate of drug-likeness (QED) is 0.473. The summed E-state index contributed by atoms with van der Waals surface area (Å²) in [4.78, 5) is 18.8. The van der Waals surface area contributed by atoms with Crippen LogP contribution in [0.5, 0.6) is 5.75 Å². The highest BCUT2D eigenvalue weighted by molar-refractivity contribution is 5.80. The van der Waals surface area contributed by atoms with Gasteiger partial charge in [-0.25, -0.2) is 4.68 Å². The average Bonchev–Trinajstić information content (AvgIpc) is 3.34. The van der Waals surface area contributed by atoms with Crippen LogP contribution in [0.4, 0.5) is 0 Å². The van der Waals surface area contributed by atoms with Crippen LogP contribution < -0.4 is 10.3 Å². The molecule has 4 aromatic rings. The van der Waals surface area contributed by atoms with Gasteiger partial charge in [0.2, 0.25) is 0 Å². The van der Waals surface area contributed by atoms with Crippen LogP contribution in [0, 0.1) is 0 Å². The molecule has 176 valence electrons. The van der Waals surface area contributed by atoms with Crippen LogP contribution in [-0.2, 0) is 18.5 Å². The van der Waals surface area contributed by atoms with Crippen molar-refractivity contribution in [2.75, 3.05) is 13.7 Å². The third kappa shape index (κ3) is 3.88. The minimum absolute atomic E-state index is 0.134. The molecule has 0 saturated carbocycles. The van der Waals surface area contributed by atoms with Crippen LogP contribution in [0.15, 0.2) is 53.3 Å². The number of aromatic amines is 1. The Balaban J connectivity index is 1.69. The number of rotatable bonds is 6. The maximum atomic E-state index is 13.5. The van der Waals surface area contributed by atoms with Crippen molar-refractivity contribution in [1.82, 2.24) is 30.1 Å². The van der Waals surface area contributed by atoms with Crippen molar-refractivity contribution < 1.29 is 4.74 Å². The van der Waals surface area contributed by atoms with E-state index in [1.54, 1.807) is 7.11 Å². The molecule has 0 bridgehead atoms. The number of hydrogen-bond acceptors (Lipinski definition) is 6. The van der Waals surface area contributed by atoms with E-state index in [4.69, 9.17) is 4.74 Å². The number of hydrogen-bond donors (Lipinski definition) is 1. The van der Waals surface area contributed by atoms with Crippen molar-refractivity contribution >= 4 is 10.9 Å². The standard InChI is InChI=1S/C26H30N6O2/c1-5-26(2,3)32-24(28-29-30-32)23(31-13-12-17-8-6-7-9-18(17)16-31)21-15-19-14-20(34-4)10-11-22(19)27-25(21)33/h6-11,14-15,23H,5,12-13,16H2,1-4H3,(H,27,33)/t23-/m1/s1. The molecule has 1 atom stereocenters. The Kier molecular flexibility index (Phi) is 5.69. The number of benzene rings is 2. The Hall–Kier alpha value is -3.52. The molecule has 8 heteroatoms. The molecule has 1 N–H and O–H groups in total. The molecule has 0 spiro atoms. The number of pyridine rings is 1. The molecular formula is C26H30N6O2.